The van der Waals surface area contributed by atoms with E-state index in [0.29, 0.717) is 22.7 Å². The highest BCUT2D eigenvalue weighted by Crippen LogP contribution is 2.32. The van der Waals surface area contributed by atoms with Gasteiger partial charge in [0.2, 0.25) is 5.69 Å². The molecule has 0 spiro atoms. The number of rotatable bonds is 3. The molecular formula is C12H9N3O2. The summed E-state index contributed by atoms with van der Waals surface area (Å²) in [4.78, 5) is 11.0. The van der Waals surface area contributed by atoms with Crippen molar-refractivity contribution in [3.05, 3.63) is 53.9 Å². The Bertz CT molecular complexity index is 549. The van der Waals surface area contributed by atoms with Crippen molar-refractivity contribution in [1.82, 2.24) is 9.97 Å². The van der Waals surface area contributed by atoms with Gasteiger partial charge in [-0.05, 0) is 17.7 Å². The van der Waals surface area contributed by atoms with Crippen molar-refractivity contribution in [1.29, 1.82) is 0 Å². The smallest absolute Gasteiger partial charge is 0.229 e. The molecule has 0 aliphatic heterocycles. The van der Waals surface area contributed by atoms with Gasteiger partial charge in [0.15, 0.2) is 5.75 Å². The van der Waals surface area contributed by atoms with Crippen molar-refractivity contribution in [2.24, 2.45) is 0 Å². The van der Waals surface area contributed by atoms with Gasteiger partial charge in [0, 0.05) is 0 Å². The maximum absolute atomic E-state index is 8.97. The lowest BCUT2D eigenvalue weighted by Gasteiger charge is -2.07. The first-order valence-electron chi connectivity index (χ1n) is 4.87. The van der Waals surface area contributed by atoms with Gasteiger partial charge in [-0.2, -0.15) is 0 Å². The standard InChI is InChI=1S/C12H9N3O2/c1-13-11-4-9(7-16)2-3-12(11)17-10-5-14-8-15-6-10/h2-6,8,16H,7H2. The van der Waals surface area contributed by atoms with Crippen LogP contribution in [-0.4, -0.2) is 15.1 Å². The van der Waals surface area contributed by atoms with Crippen molar-refractivity contribution in [3.8, 4) is 11.5 Å². The predicted molar refractivity (Wildman–Crippen MR) is 60.7 cm³/mol. The van der Waals surface area contributed by atoms with Crippen LogP contribution in [0.2, 0.25) is 0 Å². The number of hydrogen-bond donors (Lipinski definition) is 1. The Morgan fingerprint density at radius 2 is 2.06 bits per heavy atom. The second kappa shape index (κ2) is 5.05. The molecule has 0 amide bonds. The van der Waals surface area contributed by atoms with Gasteiger partial charge in [0.1, 0.15) is 12.1 Å². The van der Waals surface area contributed by atoms with Crippen LogP contribution < -0.4 is 4.74 Å². The zero-order valence-electron chi connectivity index (χ0n) is 8.87. The van der Waals surface area contributed by atoms with Crippen molar-refractivity contribution in [2.75, 3.05) is 0 Å². The summed E-state index contributed by atoms with van der Waals surface area (Å²) in [6, 6.07) is 4.94. The van der Waals surface area contributed by atoms with E-state index in [-0.39, 0.29) is 6.61 Å². The molecule has 5 nitrogen and oxygen atoms in total. The first kappa shape index (κ1) is 11.0. The van der Waals surface area contributed by atoms with E-state index < -0.39 is 0 Å². The first-order chi connectivity index (χ1) is 8.33. The predicted octanol–water partition coefficient (Wildman–Crippen LogP) is 2.31. The Morgan fingerprint density at radius 3 is 2.71 bits per heavy atom. The second-order valence-corrected chi connectivity index (χ2v) is 3.25. The maximum atomic E-state index is 8.97. The molecule has 0 saturated heterocycles. The van der Waals surface area contributed by atoms with Crippen LogP contribution in [-0.2, 0) is 6.61 Å². The molecule has 0 saturated carbocycles. The van der Waals surface area contributed by atoms with Crippen LogP contribution in [0.25, 0.3) is 4.85 Å². The van der Waals surface area contributed by atoms with Crippen LogP contribution in [0.5, 0.6) is 11.5 Å². The van der Waals surface area contributed by atoms with E-state index in [0.717, 1.165) is 0 Å². The van der Waals surface area contributed by atoms with Gasteiger partial charge in [-0.1, -0.05) is 6.07 Å². The molecule has 1 heterocycles. The SMILES string of the molecule is [C-]#[N+]c1cc(CO)ccc1Oc1cncnc1. The molecule has 1 aromatic heterocycles. The van der Waals surface area contributed by atoms with Crippen LogP contribution in [0.15, 0.2) is 36.9 Å². The first-order valence-corrected chi connectivity index (χ1v) is 4.87. The third-order valence-corrected chi connectivity index (χ3v) is 2.09. The fraction of sp³-hybridized carbons (Fsp3) is 0.0833. The molecule has 2 rings (SSSR count). The average Bonchev–Trinajstić information content (AvgIpc) is 2.40. The van der Waals surface area contributed by atoms with E-state index in [4.69, 9.17) is 16.4 Å². The zero-order chi connectivity index (χ0) is 12.1. The summed E-state index contributed by atoms with van der Waals surface area (Å²) in [6.45, 7) is 6.95. The highest BCUT2D eigenvalue weighted by molar-refractivity contribution is 5.59. The largest absolute Gasteiger partial charge is 0.465 e. The van der Waals surface area contributed by atoms with E-state index in [9.17, 15) is 0 Å². The monoisotopic (exact) mass is 227 g/mol. The minimum atomic E-state index is -0.1000. The van der Waals surface area contributed by atoms with Crippen molar-refractivity contribution >= 4 is 5.69 Å². The third kappa shape index (κ3) is 2.56. The number of ether oxygens (including phenoxy) is 1. The number of aliphatic hydroxyl groups is 1. The van der Waals surface area contributed by atoms with Gasteiger partial charge in [0.25, 0.3) is 0 Å². The minimum absolute atomic E-state index is 0.1000. The Labute approximate surface area is 98.2 Å². The third-order valence-electron chi connectivity index (χ3n) is 2.09. The van der Waals surface area contributed by atoms with Gasteiger partial charge in [-0.3, -0.25) is 0 Å². The Morgan fingerprint density at radius 1 is 1.29 bits per heavy atom. The van der Waals surface area contributed by atoms with E-state index >= 15 is 0 Å². The van der Waals surface area contributed by atoms with Gasteiger partial charge in [0.05, 0.1) is 25.6 Å². The summed E-state index contributed by atoms with van der Waals surface area (Å²) in [6.07, 6.45) is 4.43. The average molecular weight is 227 g/mol. The molecular weight excluding hydrogens is 218 g/mol. The lowest BCUT2D eigenvalue weighted by atomic mass is 10.2. The van der Waals surface area contributed by atoms with Gasteiger partial charge < -0.3 is 9.84 Å². The fourth-order valence-corrected chi connectivity index (χ4v) is 1.30. The highest BCUT2D eigenvalue weighted by atomic mass is 16.5. The molecule has 0 aliphatic rings. The van der Waals surface area contributed by atoms with E-state index in [1.807, 2.05) is 0 Å². The minimum Gasteiger partial charge on any atom is -0.465 e. The Hall–Kier alpha value is -2.45. The summed E-state index contributed by atoms with van der Waals surface area (Å²) in [5.74, 6) is 0.890. The molecule has 0 radical (unpaired) electrons. The number of nitrogens with zero attached hydrogens (tertiary/aromatic N) is 3. The van der Waals surface area contributed by atoms with Crippen LogP contribution in [0.1, 0.15) is 5.56 Å². The molecule has 17 heavy (non-hydrogen) atoms. The number of aromatic nitrogens is 2. The number of hydrogen-bond acceptors (Lipinski definition) is 4. The molecule has 2 aromatic rings. The molecule has 5 heteroatoms. The molecule has 0 aliphatic carbocycles. The molecule has 0 atom stereocenters. The highest BCUT2D eigenvalue weighted by Gasteiger charge is 2.06. The number of benzene rings is 1. The van der Waals surface area contributed by atoms with Crippen molar-refractivity contribution in [2.45, 2.75) is 6.61 Å². The van der Waals surface area contributed by atoms with Crippen LogP contribution in [0.3, 0.4) is 0 Å². The van der Waals surface area contributed by atoms with E-state index in [2.05, 4.69) is 14.8 Å². The fourth-order valence-electron chi connectivity index (χ4n) is 1.30. The Kier molecular flexibility index (Phi) is 3.28. The van der Waals surface area contributed by atoms with Crippen molar-refractivity contribution in [3.63, 3.8) is 0 Å². The van der Waals surface area contributed by atoms with E-state index in [1.54, 1.807) is 18.2 Å². The molecule has 1 aromatic carbocycles. The molecule has 84 valence electrons. The summed E-state index contributed by atoms with van der Waals surface area (Å²) >= 11 is 0. The summed E-state index contributed by atoms with van der Waals surface area (Å²) in [7, 11) is 0. The summed E-state index contributed by atoms with van der Waals surface area (Å²) in [5, 5.41) is 8.97. The zero-order valence-corrected chi connectivity index (χ0v) is 8.87. The lowest BCUT2D eigenvalue weighted by Crippen LogP contribution is -1.88. The molecule has 0 bridgehead atoms. The maximum Gasteiger partial charge on any atom is 0.229 e. The van der Waals surface area contributed by atoms with E-state index in [1.165, 1.54) is 18.7 Å². The van der Waals surface area contributed by atoms with Gasteiger partial charge in [-0.15, -0.1) is 0 Å². The van der Waals surface area contributed by atoms with Crippen molar-refractivity contribution < 1.29 is 9.84 Å². The van der Waals surface area contributed by atoms with Crippen LogP contribution in [0.4, 0.5) is 5.69 Å². The normalized spacial score (nSPS) is 9.65. The molecule has 0 fully saturated rings. The molecule has 0 unspecified atom stereocenters. The van der Waals surface area contributed by atoms with Crippen LogP contribution >= 0.6 is 0 Å². The summed E-state index contributed by atoms with van der Waals surface area (Å²) < 4.78 is 5.48. The molecule has 1 N–H and O–H groups in total. The summed E-state index contributed by atoms with van der Waals surface area (Å²) in [5.41, 5.74) is 1.02. The number of aliphatic hydroxyl groups excluding tert-OH is 1. The lowest BCUT2D eigenvalue weighted by molar-refractivity contribution is 0.282. The van der Waals surface area contributed by atoms with Gasteiger partial charge in [-0.25, -0.2) is 14.8 Å². The van der Waals surface area contributed by atoms with Gasteiger partial charge >= 0.3 is 0 Å². The van der Waals surface area contributed by atoms with Crippen LogP contribution in [0, 0.1) is 6.57 Å². The second-order valence-electron chi connectivity index (χ2n) is 3.25. The topological polar surface area (TPSA) is 59.6 Å². The Balaban J connectivity index is 2.31. The quantitative estimate of drug-likeness (QED) is 0.817.